The molecule has 7 nitrogen and oxygen atoms in total. The second-order valence-corrected chi connectivity index (χ2v) is 6.36. The number of pyridine rings is 1. The van der Waals surface area contributed by atoms with E-state index in [9.17, 15) is 13.2 Å². The van der Waals surface area contributed by atoms with Crippen LogP contribution in [0.2, 0.25) is 0 Å². The topological polar surface area (TPSA) is 100 Å². The fraction of sp³-hybridized carbons (Fsp3) is 0.143. The van der Waals surface area contributed by atoms with Crippen LogP contribution in [0.4, 0.5) is 16.2 Å². The summed E-state index contributed by atoms with van der Waals surface area (Å²) in [6, 6.07) is 9.64. The number of anilines is 2. The van der Waals surface area contributed by atoms with Crippen molar-refractivity contribution in [3.8, 4) is 0 Å². The van der Waals surface area contributed by atoms with Crippen LogP contribution in [0.25, 0.3) is 0 Å². The van der Waals surface area contributed by atoms with Crippen molar-refractivity contribution < 1.29 is 13.2 Å². The maximum atomic E-state index is 11.8. The van der Waals surface area contributed by atoms with E-state index in [1.54, 1.807) is 36.7 Å². The van der Waals surface area contributed by atoms with Gasteiger partial charge >= 0.3 is 6.03 Å². The number of urea groups is 1. The van der Waals surface area contributed by atoms with Crippen molar-refractivity contribution in [1.29, 1.82) is 0 Å². The van der Waals surface area contributed by atoms with E-state index in [2.05, 4.69) is 20.3 Å². The van der Waals surface area contributed by atoms with E-state index >= 15 is 0 Å². The number of hydrogen-bond donors (Lipinski definition) is 3. The first-order valence-corrected chi connectivity index (χ1v) is 8.33. The normalized spacial score (nSPS) is 10.8. The van der Waals surface area contributed by atoms with E-state index in [4.69, 9.17) is 0 Å². The molecule has 0 aliphatic heterocycles. The van der Waals surface area contributed by atoms with E-state index < -0.39 is 10.0 Å². The quantitative estimate of drug-likeness (QED) is 0.781. The lowest BCUT2D eigenvalue weighted by molar-refractivity contribution is 0.251. The van der Waals surface area contributed by atoms with Gasteiger partial charge in [0.05, 0.1) is 6.26 Å². The van der Waals surface area contributed by atoms with Crippen LogP contribution >= 0.6 is 0 Å². The highest BCUT2D eigenvalue weighted by molar-refractivity contribution is 7.92. The number of carbonyl (C=O) groups excluding carboxylic acids is 1. The monoisotopic (exact) mass is 320 g/mol. The largest absolute Gasteiger partial charge is 0.334 e. The van der Waals surface area contributed by atoms with Crippen molar-refractivity contribution in [3.63, 3.8) is 0 Å². The molecule has 0 spiro atoms. The summed E-state index contributed by atoms with van der Waals surface area (Å²) < 4.78 is 24.5. The van der Waals surface area contributed by atoms with Crippen molar-refractivity contribution in [2.45, 2.75) is 6.54 Å². The summed E-state index contributed by atoms with van der Waals surface area (Å²) in [5, 5.41) is 5.37. The Labute approximate surface area is 128 Å². The fourth-order valence-corrected chi connectivity index (χ4v) is 2.26. The molecule has 0 unspecified atom stereocenters. The average molecular weight is 320 g/mol. The number of nitrogens with zero attached hydrogens (tertiary/aromatic N) is 1. The van der Waals surface area contributed by atoms with E-state index in [1.165, 1.54) is 0 Å². The maximum Gasteiger partial charge on any atom is 0.319 e. The molecule has 0 saturated carbocycles. The molecular formula is C14H16N4O3S. The van der Waals surface area contributed by atoms with Gasteiger partial charge in [-0.3, -0.25) is 9.71 Å². The Morgan fingerprint density at radius 1 is 1.05 bits per heavy atom. The molecule has 1 aromatic carbocycles. The van der Waals surface area contributed by atoms with Crippen LogP contribution in [0.1, 0.15) is 5.56 Å². The van der Waals surface area contributed by atoms with Gasteiger partial charge in [-0.15, -0.1) is 0 Å². The predicted molar refractivity (Wildman–Crippen MR) is 85.0 cm³/mol. The van der Waals surface area contributed by atoms with Gasteiger partial charge in [0.25, 0.3) is 0 Å². The van der Waals surface area contributed by atoms with Crippen LogP contribution in [-0.4, -0.2) is 25.7 Å². The third-order valence-corrected chi connectivity index (χ3v) is 3.25. The summed E-state index contributed by atoms with van der Waals surface area (Å²) in [6.07, 6.45) is 4.39. The van der Waals surface area contributed by atoms with Crippen LogP contribution in [-0.2, 0) is 16.6 Å². The lowest BCUT2D eigenvalue weighted by Gasteiger charge is -2.09. The van der Waals surface area contributed by atoms with E-state index in [1.807, 2.05) is 12.1 Å². The molecule has 0 atom stereocenters. The zero-order valence-electron chi connectivity index (χ0n) is 11.9. The average Bonchev–Trinajstić information content (AvgIpc) is 2.47. The van der Waals surface area contributed by atoms with E-state index in [-0.39, 0.29) is 6.03 Å². The Balaban J connectivity index is 1.86. The Morgan fingerprint density at radius 2 is 1.64 bits per heavy atom. The number of amides is 2. The lowest BCUT2D eigenvalue weighted by atomic mass is 10.3. The highest BCUT2D eigenvalue weighted by Gasteiger charge is 2.04. The van der Waals surface area contributed by atoms with Crippen molar-refractivity contribution >= 4 is 27.4 Å². The number of nitrogens with one attached hydrogen (secondary N) is 3. The molecule has 116 valence electrons. The first kappa shape index (κ1) is 15.8. The molecule has 0 aliphatic carbocycles. The minimum atomic E-state index is -3.31. The van der Waals surface area contributed by atoms with Crippen molar-refractivity contribution in [3.05, 3.63) is 54.4 Å². The van der Waals surface area contributed by atoms with Gasteiger partial charge in [0.2, 0.25) is 10.0 Å². The minimum absolute atomic E-state index is 0.347. The van der Waals surface area contributed by atoms with Gasteiger partial charge in [-0.05, 0) is 42.0 Å². The lowest BCUT2D eigenvalue weighted by Crippen LogP contribution is -2.28. The number of aromatic nitrogens is 1. The molecule has 0 fully saturated rings. The smallest absolute Gasteiger partial charge is 0.319 e. The Bertz CT molecular complexity index is 730. The van der Waals surface area contributed by atoms with Crippen molar-refractivity contribution in [1.82, 2.24) is 10.3 Å². The maximum absolute atomic E-state index is 11.8. The van der Waals surface area contributed by atoms with Crippen LogP contribution < -0.4 is 15.4 Å². The number of rotatable bonds is 5. The van der Waals surface area contributed by atoms with Crippen LogP contribution in [0.3, 0.4) is 0 Å². The number of benzene rings is 1. The number of sulfonamides is 1. The number of hydrogen-bond acceptors (Lipinski definition) is 4. The molecule has 0 radical (unpaired) electrons. The second kappa shape index (κ2) is 6.90. The zero-order chi connectivity index (χ0) is 16.0. The highest BCUT2D eigenvalue weighted by atomic mass is 32.2. The van der Waals surface area contributed by atoms with Gasteiger partial charge in [0, 0.05) is 30.3 Å². The van der Waals surface area contributed by atoms with E-state index in [0.717, 1.165) is 11.8 Å². The SMILES string of the molecule is CS(=O)(=O)Nc1ccc(NC(=O)NCc2ccncc2)cc1. The second-order valence-electron chi connectivity index (χ2n) is 4.61. The fourth-order valence-electron chi connectivity index (χ4n) is 1.69. The molecule has 1 heterocycles. The Hall–Kier alpha value is -2.61. The summed E-state index contributed by atoms with van der Waals surface area (Å²) in [4.78, 5) is 15.6. The summed E-state index contributed by atoms with van der Waals surface area (Å²) in [5.41, 5.74) is 1.94. The predicted octanol–water partition coefficient (Wildman–Crippen LogP) is 1.77. The van der Waals surface area contributed by atoms with Gasteiger partial charge in [-0.25, -0.2) is 13.2 Å². The standard InChI is InChI=1S/C14H16N4O3S/c1-22(20,21)18-13-4-2-12(3-5-13)17-14(19)16-10-11-6-8-15-9-7-11/h2-9,18H,10H2,1H3,(H2,16,17,19). The van der Waals surface area contributed by atoms with E-state index in [0.29, 0.717) is 17.9 Å². The van der Waals surface area contributed by atoms with Crippen molar-refractivity contribution in [2.24, 2.45) is 0 Å². The highest BCUT2D eigenvalue weighted by Crippen LogP contribution is 2.14. The third-order valence-electron chi connectivity index (χ3n) is 2.65. The molecule has 0 bridgehead atoms. The first-order valence-electron chi connectivity index (χ1n) is 6.44. The molecule has 2 rings (SSSR count). The molecule has 3 N–H and O–H groups in total. The van der Waals surface area contributed by atoms with Gasteiger partial charge in [0.15, 0.2) is 0 Å². The molecule has 0 saturated heterocycles. The van der Waals surface area contributed by atoms with Gasteiger partial charge in [-0.2, -0.15) is 0 Å². The summed E-state index contributed by atoms with van der Waals surface area (Å²) in [5.74, 6) is 0. The molecule has 22 heavy (non-hydrogen) atoms. The summed E-state index contributed by atoms with van der Waals surface area (Å²) in [6.45, 7) is 0.391. The van der Waals surface area contributed by atoms with Gasteiger partial charge < -0.3 is 10.6 Å². The van der Waals surface area contributed by atoms with Crippen molar-refractivity contribution in [2.75, 3.05) is 16.3 Å². The molecule has 2 aromatic rings. The number of carbonyl (C=O) groups is 1. The molecule has 1 aromatic heterocycles. The van der Waals surface area contributed by atoms with Gasteiger partial charge in [-0.1, -0.05) is 0 Å². The van der Waals surface area contributed by atoms with Crippen LogP contribution in [0, 0.1) is 0 Å². The first-order chi connectivity index (χ1) is 10.4. The van der Waals surface area contributed by atoms with Crippen LogP contribution in [0.5, 0.6) is 0 Å². The third kappa shape index (κ3) is 5.41. The molecule has 0 aliphatic rings. The minimum Gasteiger partial charge on any atom is -0.334 e. The molecular weight excluding hydrogens is 304 g/mol. The summed E-state index contributed by atoms with van der Waals surface area (Å²) in [7, 11) is -3.31. The van der Waals surface area contributed by atoms with Gasteiger partial charge in [0.1, 0.15) is 0 Å². The Morgan fingerprint density at radius 3 is 2.23 bits per heavy atom. The molecule has 2 amide bonds. The summed E-state index contributed by atoms with van der Waals surface area (Å²) >= 11 is 0. The zero-order valence-corrected chi connectivity index (χ0v) is 12.7. The van der Waals surface area contributed by atoms with Crippen LogP contribution in [0.15, 0.2) is 48.8 Å². The Kier molecular flexibility index (Phi) is 4.95. The molecule has 8 heteroatoms.